The van der Waals surface area contributed by atoms with Crippen LogP contribution in [0.3, 0.4) is 0 Å². The van der Waals surface area contributed by atoms with E-state index in [1.54, 1.807) is 0 Å². The molecule has 1 saturated heterocycles. The third kappa shape index (κ3) is 2.59. The molecule has 2 fully saturated rings. The van der Waals surface area contributed by atoms with Crippen molar-refractivity contribution in [3.8, 4) is 0 Å². The highest BCUT2D eigenvalue weighted by Crippen LogP contribution is 2.48. The average Bonchev–Trinajstić information content (AvgIpc) is 3.13. The number of nitrogens with zero attached hydrogens (tertiary/aromatic N) is 4. The van der Waals surface area contributed by atoms with Crippen molar-refractivity contribution in [3.63, 3.8) is 0 Å². The maximum absolute atomic E-state index is 12.5. The SMILES string of the molecule is CC(C)N1CCN(C(=O)[C@H]2CC2c2cnn(C)c2)CC1. The van der Waals surface area contributed by atoms with Crippen LogP contribution in [0.5, 0.6) is 0 Å². The second-order valence-electron chi connectivity index (χ2n) is 6.35. The number of hydrogen-bond acceptors (Lipinski definition) is 3. The maximum Gasteiger partial charge on any atom is 0.226 e. The monoisotopic (exact) mass is 276 g/mol. The molecule has 0 spiro atoms. The third-order valence-corrected chi connectivity index (χ3v) is 4.62. The van der Waals surface area contributed by atoms with E-state index in [9.17, 15) is 4.79 Å². The zero-order chi connectivity index (χ0) is 14.3. The van der Waals surface area contributed by atoms with Gasteiger partial charge in [-0.2, -0.15) is 5.10 Å². The van der Waals surface area contributed by atoms with E-state index < -0.39 is 0 Å². The van der Waals surface area contributed by atoms with Gasteiger partial charge in [-0.25, -0.2) is 0 Å². The van der Waals surface area contributed by atoms with Gasteiger partial charge in [-0.3, -0.25) is 14.4 Å². The lowest BCUT2D eigenvalue weighted by Crippen LogP contribution is -2.51. The molecule has 3 rings (SSSR count). The number of aryl methyl sites for hydroxylation is 1. The predicted molar refractivity (Wildman–Crippen MR) is 77.3 cm³/mol. The summed E-state index contributed by atoms with van der Waals surface area (Å²) in [7, 11) is 1.92. The Morgan fingerprint density at radius 2 is 2.00 bits per heavy atom. The molecule has 0 N–H and O–H groups in total. The smallest absolute Gasteiger partial charge is 0.226 e. The minimum absolute atomic E-state index is 0.199. The number of aromatic nitrogens is 2. The number of amides is 1. The highest BCUT2D eigenvalue weighted by atomic mass is 16.2. The molecule has 2 atom stereocenters. The fourth-order valence-electron chi connectivity index (χ4n) is 3.16. The first-order valence-electron chi connectivity index (χ1n) is 7.57. The van der Waals surface area contributed by atoms with Crippen LogP contribution in [0.2, 0.25) is 0 Å². The summed E-state index contributed by atoms with van der Waals surface area (Å²) >= 11 is 0. The van der Waals surface area contributed by atoms with Crippen molar-refractivity contribution in [1.82, 2.24) is 19.6 Å². The van der Waals surface area contributed by atoms with Crippen LogP contribution in [-0.2, 0) is 11.8 Å². The summed E-state index contributed by atoms with van der Waals surface area (Å²) in [5, 5.41) is 4.20. The molecular weight excluding hydrogens is 252 g/mol. The van der Waals surface area contributed by atoms with E-state index in [4.69, 9.17) is 0 Å². The number of carbonyl (C=O) groups excluding carboxylic acids is 1. The van der Waals surface area contributed by atoms with E-state index in [1.807, 2.05) is 24.1 Å². The van der Waals surface area contributed by atoms with Crippen molar-refractivity contribution >= 4 is 5.91 Å². The molecule has 110 valence electrons. The first-order chi connectivity index (χ1) is 9.56. The van der Waals surface area contributed by atoms with Gasteiger partial charge in [-0.15, -0.1) is 0 Å². The van der Waals surface area contributed by atoms with Gasteiger partial charge in [0.2, 0.25) is 5.91 Å². The van der Waals surface area contributed by atoms with Crippen molar-refractivity contribution < 1.29 is 4.79 Å². The Hall–Kier alpha value is -1.36. The lowest BCUT2D eigenvalue weighted by Gasteiger charge is -2.37. The Kier molecular flexibility index (Phi) is 3.54. The van der Waals surface area contributed by atoms with Crippen molar-refractivity contribution in [2.45, 2.75) is 32.2 Å². The van der Waals surface area contributed by atoms with E-state index in [0.29, 0.717) is 17.9 Å². The molecule has 2 aliphatic rings. The zero-order valence-electron chi connectivity index (χ0n) is 12.6. The third-order valence-electron chi connectivity index (χ3n) is 4.62. The second kappa shape index (κ2) is 5.20. The molecule has 1 aliphatic heterocycles. The molecule has 2 heterocycles. The Morgan fingerprint density at radius 3 is 2.55 bits per heavy atom. The number of hydrogen-bond donors (Lipinski definition) is 0. The van der Waals surface area contributed by atoms with Crippen LogP contribution in [0.25, 0.3) is 0 Å². The molecule has 1 aliphatic carbocycles. The van der Waals surface area contributed by atoms with Gasteiger partial charge in [-0.05, 0) is 31.7 Å². The number of rotatable bonds is 3. The Morgan fingerprint density at radius 1 is 1.30 bits per heavy atom. The van der Waals surface area contributed by atoms with Gasteiger partial charge in [0.25, 0.3) is 0 Å². The Bertz CT molecular complexity index is 488. The first kappa shape index (κ1) is 13.6. The van der Waals surface area contributed by atoms with Crippen LogP contribution in [-0.4, -0.2) is 57.7 Å². The van der Waals surface area contributed by atoms with E-state index in [0.717, 1.165) is 32.6 Å². The molecule has 5 nitrogen and oxygen atoms in total. The molecule has 1 saturated carbocycles. The van der Waals surface area contributed by atoms with Crippen molar-refractivity contribution in [1.29, 1.82) is 0 Å². The number of piperazine rings is 1. The highest BCUT2D eigenvalue weighted by molar-refractivity contribution is 5.83. The molecular formula is C15H24N4O. The summed E-state index contributed by atoms with van der Waals surface area (Å²) in [6.07, 6.45) is 4.93. The van der Waals surface area contributed by atoms with Gasteiger partial charge in [0.15, 0.2) is 0 Å². The maximum atomic E-state index is 12.5. The minimum Gasteiger partial charge on any atom is -0.340 e. The summed E-state index contributed by atoms with van der Waals surface area (Å²) in [5.74, 6) is 0.950. The summed E-state index contributed by atoms with van der Waals surface area (Å²) < 4.78 is 1.82. The predicted octanol–water partition coefficient (Wildman–Crippen LogP) is 1.08. The fraction of sp³-hybridized carbons (Fsp3) is 0.733. The Balaban J connectivity index is 1.54. The highest BCUT2D eigenvalue weighted by Gasteiger charge is 2.46. The molecule has 5 heteroatoms. The molecule has 0 radical (unpaired) electrons. The number of carbonyl (C=O) groups is 1. The van der Waals surface area contributed by atoms with Gasteiger partial charge in [-0.1, -0.05) is 0 Å². The van der Waals surface area contributed by atoms with Crippen molar-refractivity contribution in [2.75, 3.05) is 26.2 Å². The molecule has 0 aromatic carbocycles. The van der Waals surface area contributed by atoms with Crippen LogP contribution in [0.1, 0.15) is 31.7 Å². The van der Waals surface area contributed by atoms with Gasteiger partial charge in [0, 0.05) is 51.4 Å². The van der Waals surface area contributed by atoms with Crippen LogP contribution in [0, 0.1) is 5.92 Å². The van der Waals surface area contributed by atoms with E-state index in [-0.39, 0.29) is 5.92 Å². The van der Waals surface area contributed by atoms with Crippen LogP contribution in [0.15, 0.2) is 12.4 Å². The fourth-order valence-corrected chi connectivity index (χ4v) is 3.16. The van der Waals surface area contributed by atoms with Gasteiger partial charge in [0.05, 0.1) is 6.20 Å². The van der Waals surface area contributed by atoms with E-state index >= 15 is 0 Å². The van der Waals surface area contributed by atoms with Crippen molar-refractivity contribution in [3.05, 3.63) is 18.0 Å². The topological polar surface area (TPSA) is 41.4 Å². The van der Waals surface area contributed by atoms with E-state index in [2.05, 4.69) is 28.7 Å². The standard InChI is InChI=1S/C15H24N4O/c1-11(2)18-4-6-19(7-5-18)15(20)14-8-13(14)12-9-16-17(3)10-12/h9-11,13-14H,4-8H2,1-3H3/t13?,14-/m0/s1. The normalized spacial score (nSPS) is 27.1. The van der Waals surface area contributed by atoms with Crippen LogP contribution >= 0.6 is 0 Å². The Labute approximate surface area is 120 Å². The first-order valence-corrected chi connectivity index (χ1v) is 7.57. The lowest BCUT2D eigenvalue weighted by molar-refractivity contribution is -0.134. The van der Waals surface area contributed by atoms with Crippen LogP contribution < -0.4 is 0 Å². The minimum atomic E-state index is 0.199. The summed E-state index contributed by atoms with van der Waals surface area (Å²) in [4.78, 5) is 17.0. The van der Waals surface area contributed by atoms with E-state index in [1.165, 1.54) is 5.56 Å². The molecule has 1 aromatic rings. The van der Waals surface area contributed by atoms with Gasteiger partial charge >= 0.3 is 0 Å². The molecule has 20 heavy (non-hydrogen) atoms. The summed E-state index contributed by atoms with van der Waals surface area (Å²) in [6, 6.07) is 0.580. The molecule has 1 amide bonds. The lowest BCUT2D eigenvalue weighted by atomic mass is 10.1. The van der Waals surface area contributed by atoms with Gasteiger partial charge < -0.3 is 4.90 Å². The van der Waals surface area contributed by atoms with Gasteiger partial charge in [0.1, 0.15) is 0 Å². The largest absolute Gasteiger partial charge is 0.340 e. The van der Waals surface area contributed by atoms with Crippen LogP contribution in [0.4, 0.5) is 0 Å². The molecule has 0 bridgehead atoms. The molecule has 1 aromatic heterocycles. The van der Waals surface area contributed by atoms with Crippen molar-refractivity contribution in [2.24, 2.45) is 13.0 Å². The second-order valence-corrected chi connectivity index (χ2v) is 6.35. The summed E-state index contributed by atoms with van der Waals surface area (Å²) in [6.45, 7) is 8.22. The summed E-state index contributed by atoms with van der Waals surface area (Å²) in [5.41, 5.74) is 1.21. The average molecular weight is 276 g/mol. The molecule has 1 unspecified atom stereocenters. The quantitative estimate of drug-likeness (QED) is 0.829. The zero-order valence-corrected chi connectivity index (χ0v) is 12.6.